The van der Waals surface area contributed by atoms with Crippen molar-refractivity contribution >= 4 is 39.1 Å². The van der Waals surface area contributed by atoms with E-state index in [1.54, 1.807) is 0 Å². The monoisotopic (exact) mass is 344 g/mol. The van der Waals surface area contributed by atoms with Crippen LogP contribution in [0.1, 0.15) is 24.8 Å². The number of anilines is 1. The first kappa shape index (κ1) is 14.7. The number of carbonyl (C=O) groups is 1. The lowest BCUT2D eigenvalue weighted by atomic mass is 10.1. The second kappa shape index (κ2) is 6.62. The molecule has 0 aromatic heterocycles. The minimum Gasteiger partial charge on any atom is -0.375 e. The average Bonchev–Trinajstić information content (AvgIpc) is 2.42. The van der Waals surface area contributed by atoms with Gasteiger partial charge in [-0.25, -0.2) is 0 Å². The highest BCUT2D eigenvalue weighted by Gasteiger charge is 2.16. The molecular formula is C14H18BrClN2O. The Labute approximate surface area is 127 Å². The van der Waals surface area contributed by atoms with Gasteiger partial charge in [0.15, 0.2) is 0 Å². The van der Waals surface area contributed by atoms with Crippen LogP contribution in [0.3, 0.4) is 0 Å². The van der Waals surface area contributed by atoms with Crippen LogP contribution in [0, 0.1) is 6.92 Å². The lowest BCUT2D eigenvalue weighted by molar-refractivity contribution is -0.130. The maximum atomic E-state index is 12.0. The Morgan fingerprint density at radius 3 is 2.74 bits per heavy atom. The maximum Gasteiger partial charge on any atom is 0.241 e. The molecule has 3 nitrogen and oxygen atoms in total. The Hall–Kier alpha value is -0.740. The minimum atomic E-state index is 0.156. The fraction of sp³-hybridized carbons (Fsp3) is 0.500. The summed E-state index contributed by atoms with van der Waals surface area (Å²) in [4.78, 5) is 14.0. The zero-order valence-electron chi connectivity index (χ0n) is 11.0. The molecule has 1 aromatic carbocycles. The van der Waals surface area contributed by atoms with Crippen molar-refractivity contribution in [1.82, 2.24) is 4.90 Å². The molecule has 0 saturated carbocycles. The highest BCUT2D eigenvalue weighted by atomic mass is 79.9. The van der Waals surface area contributed by atoms with Crippen molar-refractivity contribution in [1.29, 1.82) is 0 Å². The molecule has 1 amide bonds. The Morgan fingerprint density at radius 2 is 2.05 bits per heavy atom. The van der Waals surface area contributed by atoms with Crippen LogP contribution in [0.2, 0.25) is 5.02 Å². The average molecular weight is 346 g/mol. The molecule has 104 valence electrons. The van der Waals surface area contributed by atoms with Crippen molar-refractivity contribution in [2.45, 2.75) is 26.2 Å². The molecule has 0 unspecified atom stereocenters. The summed E-state index contributed by atoms with van der Waals surface area (Å²) in [6.07, 6.45) is 3.47. The van der Waals surface area contributed by atoms with E-state index in [2.05, 4.69) is 21.2 Å². The van der Waals surface area contributed by atoms with Gasteiger partial charge in [0.05, 0.1) is 12.2 Å². The van der Waals surface area contributed by atoms with E-state index >= 15 is 0 Å². The van der Waals surface area contributed by atoms with Gasteiger partial charge in [0, 0.05) is 22.6 Å². The molecule has 1 fully saturated rings. The molecular weight excluding hydrogens is 328 g/mol. The van der Waals surface area contributed by atoms with E-state index < -0.39 is 0 Å². The Balaban J connectivity index is 1.94. The lowest BCUT2D eigenvalue weighted by Gasteiger charge is -2.27. The molecule has 0 aliphatic carbocycles. The van der Waals surface area contributed by atoms with Gasteiger partial charge in [-0.3, -0.25) is 4.79 Å². The molecule has 1 N–H and O–H groups in total. The van der Waals surface area contributed by atoms with Gasteiger partial charge >= 0.3 is 0 Å². The third-order valence-electron chi connectivity index (χ3n) is 3.39. The Kier molecular flexibility index (Phi) is 5.11. The molecule has 1 aliphatic heterocycles. The van der Waals surface area contributed by atoms with Crippen LogP contribution in [0.15, 0.2) is 16.6 Å². The zero-order chi connectivity index (χ0) is 13.8. The zero-order valence-corrected chi connectivity index (χ0v) is 13.4. The number of halogens is 2. The fourth-order valence-electron chi connectivity index (χ4n) is 2.21. The number of piperidine rings is 1. The first-order valence-corrected chi connectivity index (χ1v) is 7.72. The minimum absolute atomic E-state index is 0.156. The van der Waals surface area contributed by atoms with Gasteiger partial charge in [-0.15, -0.1) is 0 Å². The van der Waals surface area contributed by atoms with Gasteiger partial charge in [-0.05, 0) is 59.8 Å². The van der Waals surface area contributed by atoms with Crippen molar-refractivity contribution in [3.05, 3.63) is 27.2 Å². The Bertz CT molecular complexity index is 473. The number of benzene rings is 1. The third kappa shape index (κ3) is 3.86. The standard InChI is InChI=1S/C14H18BrClN2O/c1-10-7-11(15)13(8-12(10)16)17-9-14(19)18-5-3-2-4-6-18/h7-8,17H,2-6,9H2,1H3. The summed E-state index contributed by atoms with van der Waals surface area (Å²) >= 11 is 9.57. The van der Waals surface area contributed by atoms with E-state index in [0.717, 1.165) is 41.7 Å². The summed E-state index contributed by atoms with van der Waals surface area (Å²) in [5, 5.41) is 3.86. The van der Waals surface area contributed by atoms with Crippen molar-refractivity contribution in [2.75, 3.05) is 25.0 Å². The van der Waals surface area contributed by atoms with Crippen molar-refractivity contribution < 1.29 is 4.79 Å². The predicted molar refractivity (Wildman–Crippen MR) is 82.8 cm³/mol. The van der Waals surface area contributed by atoms with Crippen LogP contribution < -0.4 is 5.32 Å². The highest BCUT2D eigenvalue weighted by Crippen LogP contribution is 2.29. The topological polar surface area (TPSA) is 32.3 Å². The number of amides is 1. The van der Waals surface area contributed by atoms with Crippen molar-refractivity contribution in [3.63, 3.8) is 0 Å². The van der Waals surface area contributed by atoms with E-state index in [-0.39, 0.29) is 5.91 Å². The largest absolute Gasteiger partial charge is 0.375 e. The van der Waals surface area contributed by atoms with Crippen LogP contribution in [-0.2, 0) is 4.79 Å². The van der Waals surface area contributed by atoms with Gasteiger partial charge in [0.25, 0.3) is 0 Å². The first-order chi connectivity index (χ1) is 9.08. The number of nitrogens with one attached hydrogen (secondary N) is 1. The molecule has 0 bridgehead atoms. The first-order valence-electron chi connectivity index (χ1n) is 6.55. The van der Waals surface area contributed by atoms with Gasteiger partial charge in [0.2, 0.25) is 5.91 Å². The number of hydrogen-bond donors (Lipinski definition) is 1. The third-order valence-corrected chi connectivity index (χ3v) is 4.45. The SMILES string of the molecule is Cc1cc(Br)c(NCC(=O)N2CCCCC2)cc1Cl. The van der Waals surface area contributed by atoms with Gasteiger partial charge in [0.1, 0.15) is 0 Å². The quantitative estimate of drug-likeness (QED) is 0.903. The van der Waals surface area contributed by atoms with Gasteiger partial charge < -0.3 is 10.2 Å². The molecule has 0 radical (unpaired) electrons. The summed E-state index contributed by atoms with van der Waals surface area (Å²) < 4.78 is 0.931. The van der Waals surface area contributed by atoms with E-state index in [4.69, 9.17) is 11.6 Å². The molecule has 1 heterocycles. The summed E-state index contributed by atoms with van der Waals surface area (Å²) in [7, 11) is 0. The molecule has 0 spiro atoms. The van der Waals surface area contributed by atoms with Crippen molar-refractivity contribution in [2.24, 2.45) is 0 Å². The van der Waals surface area contributed by atoms with Crippen LogP contribution >= 0.6 is 27.5 Å². The van der Waals surface area contributed by atoms with Gasteiger partial charge in [-0.1, -0.05) is 11.6 Å². The molecule has 19 heavy (non-hydrogen) atoms. The number of rotatable bonds is 3. The predicted octanol–water partition coefficient (Wildman–Crippen LogP) is 3.84. The number of hydrogen-bond acceptors (Lipinski definition) is 2. The molecule has 1 aromatic rings. The van der Waals surface area contributed by atoms with Crippen LogP contribution in [-0.4, -0.2) is 30.4 Å². The van der Waals surface area contributed by atoms with Crippen molar-refractivity contribution in [3.8, 4) is 0 Å². The van der Waals surface area contributed by atoms with E-state index in [9.17, 15) is 4.79 Å². The second-order valence-corrected chi connectivity index (χ2v) is 6.14. The van der Waals surface area contributed by atoms with Crippen LogP contribution in [0.4, 0.5) is 5.69 Å². The summed E-state index contributed by atoms with van der Waals surface area (Å²) in [6.45, 7) is 4.04. The normalized spacial score (nSPS) is 15.4. The van der Waals surface area contributed by atoms with Gasteiger partial charge in [-0.2, -0.15) is 0 Å². The van der Waals surface area contributed by atoms with Crippen LogP contribution in [0.25, 0.3) is 0 Å². The number of carbonyl (C=O) groups excluding carboxylic acids is 1. The number of nitrogens with zero attached hydrogens (tertiary/aromatic N) is 1. The molecule has 0 atom stereocenters. The molecule has 2 rings (SSSR count). The Morgan fingerprint density at radius 1 is 1.37 bits per heavy atom. The summed E-state index contributed by atoms with van der Waals surface area (Å²) in [5.41, 5.74) is 1.88. The lowest BCUT2D eigenvalue weighted by Crippen LogP contribution is -2.39. The summed E-state index contributed by atoms with van der Waals surface area (Å²) in [6, 6.07) is 3.81. The maximum absolute atomic E-state index is 12.0. The van der Waals surface area contributed by atoms with Crippen LogP contribution in [0.5, 0.6) is 0 Å². The number of aryl methyl sites for hydroxylation is 1. The smallest absolute Gasteiger partial charge is 0.241 e. The number of likely N-dealkylation sites (tertiary alicyclic amines) is 1. The molecule has 5 heteroatoms. The fourth-order valence-corrected chi connectivity index (χ4v) is 2.97. The van der Waals surface area contributed by atoms with E-state index in [0.29, 0.717) is 11.6 Å². The summed E-state index contributed by atoms with van der Waals surface area (Å²) in [5.74, 6) is 0.156. The highest BCUT2D eigenvalue weighted by molar-refractivity contribution is 9.10. The second-order valence-electron chi connectivity index (χ2n) is 4.88. The molecule has 1 saturated heterocycles. The van der Waals surface area contributed by atoms with E-state index in [1.807, 2.05) is 24.0 Å². The molecule has 1 aliphatic rings. The van der Waals surface area contributed by atoms with E-state index in [1.165, 1.54) is 6.42 Å².